The molecule has 5 atom stereocenters. The van der Waals surface area contributed by atoms with Gasteiger partial charge in [-0.1, -0.05) is 76.8 Å². The van der Waals surface area contributed by atoms with Crippen molar-refractivity contribution in [1.29, 1.82) is 0 Å². The molecule has 1 unspecified atom stereocenters. The monoisotopic (exact) mass is 1260 g/mol. The van der Waals surface area contributed by atoms with Gasteiger partial charge in [0, 0.05) is 81.8 Å². The Morgan fingerprint density at radius 3 is 1.87 bits per heavy atom. The van der Waals surface area contributed by atoms with Crippen molar-refractivity contribution in [3.8, 4) is 23.0 Å². The first kappa shape index (κ1) is 72.0. The SMILES string of the molecule is C.C/C=C/C1=CN2C(=O)c3cc(OC)c(OCCCOc4cc5c(cc4OC)C(=O)N4C=C(/C=C/C)C[C@H]4[C@H](O)N5C(=O)OCc4ccc(CC(=O)[C@H](C)NC(=O)C(CC(=O)CCOCCOCCOCCOCCCC(=O)CC)C(C)C)cc4)cc3N=C[C@@H]2C1. The van der Waals surface area contributed by atoms with Crippen molar-refractivity contribution >= 4 is 58.8 Å². The molecule has 0 saturated carbocycles. The summed E-state index contributed by atoms with van der Waals surface area (Å²) in [4.78, 5) is 102. The lowest BCUT2D eigenvalue weighted by atomic mass is 9.88. The number of hydrogen-bond donors (Lipinski definition) is 2. The van der Waals surface area contributed by atoms with Crippen molar-refractivity contribution in [1.82, 2.24) is 15.1 Å². The minimum Gasteiger partial charge on any atom is -0.493 e. The number of carbonyl (C=O) groups is 7. The molecule has 0 bridgehead atoms. The van der Waals surface area contributed by atoms with Gasteiger partial charge in [-0.3, -0.25) is 33.8 Å². The van der Waals surface area contributed by atoms with Crippen LogP contribution < -0.4 is 29.2 Å². The van der Waals surface area contributed by atoms with Gasteiger partial charge in [-0.2, -0.15) is 0 Å². The largest absolute Gasteiger partial charge is 0.493 e. The number of carbonyl (C=O) groups excluding carboxylic acids is 7. The maximum absolute atomic E-state index is 14.4. The molecule has 3 aromatic carbocycles. The molecular weight excluding hydrogens is 1170 g/mol. The Bertz CT molecular complexity index is 3150. The third kappa shape index (κ3) is 20.0. The summed E-state index contributed by atoms with van der Waals surface area (Å²) in [5, 5.41) is 14.9. The van der Waals surface area contributed by atoms with Crippen molar-refractivity contribution in [3.05, 3.63) is 119 Å². The number of methoxy groups -OCH3 is 2. The molecule has 0 aromatic heterocycles. The maximum atomic E-state index is 14.4. The van der Waals surface area contributed by atoms with Crippen LogP contribution in [0, 0.1) is 11.8 Å². The first-order valence-electron chi connectivity index (χ1n) is 30.9. The quantitative estimate of drug-likeness (QED) is 0.0509. The first-order valence-corrected chi connectivity index (χ1v) is 30.9. The number of aliphatic hydroxyl groups is 1. The molecule has 4 aliphatic rings. The molecule has 494 valence electrons. The van der Waals surface area contributed by atoms with Crippen molar-refractivity contribution < 1.29 is 81.3 Å². The number of Topliss-reactive ketones (excluding diaryl/α,β-unsaturated/α-hetero) is 3. The van der Waals surface area contributed by atoms with E-state index in [1.54, 1.807) is 60.6 Å². The van der Waals surface area contributed by atoms with Gasteiger partial charge in [-0.25, -0.2) is 9.69 Å². The highest BCUT2D eigenvalue weighted by atomic mass is 16.6. The average Bonchev–Trinajstić information content (AvgIpc) is 1.65. The number of nitrogens with zero attached hydrogens (tertiary/aromatic N) is 4. The fourth-order valence-corrected chi connectivity index (χ4v) is 10.7. The van der Waals surface area contributed by atoms with Gasteiger partial charge in [0.15, 0.2) is 35.0 Å². The zero-order valence-corrected chi connectivity index (χ0v) is 53.0. The Morgan fingerprint density at radius 2 is 1.25 bits per heavy atom. The van der Waals surface area contributed by atoms with E-state index in [4.69, 9.17) is 42.6 Å². The molecule has 91 heavy (non-hydrogen) atoms. The van der Waals surface area contributed by atoms with Crippen molar-refractivity contribution in [3.63, 3.8) is 0 Å². The fraction of sp³-hybridized carbons (Fsp3) is 0.507. The lowest BCUT2D eigenvalue weighted by Gasteiger charge is -2.31. The lowest BCUT2D eigenvalue weighted by molar-refractivity contribution is -0.133. The van der Waals surface area contributed by atoms with Gasteiger partial charge < -0.3 is 62.9 Å². The number of ketones is 3. The van der Waals surface area contributed by atoms with Crippen LogP contribution >= 0.6 is 0 Å². The molecule has 22 nitrogen and oxygen atoms in total. The summed E-state index contributed by atoms with van der Waals surface area (Å²) in [7, 11) is 2.92. The predicted octanol–water partition coefficient (Wildman–Crippen LogP) is 9.79. The summed E-state index contributed by atoms with van der Waals surface area (Å²) in [6.07, 6.45) is 13.5. The third-order valence-electron chi connectivity index (χ3n) is 15.7. The number of anilines is 1. The van der Waals surface area contributed by atoms with Crippen molar-refractivity contribution in [2.45, 2.75) is 138 Å². The number of rotatable bonds is 37. The molecule has 2 N–H and O–H groups in total. The van der Waals surface area contributed by atoms with Gasteiger partial charge >= 0.3 is 6.09 Å². The van der Waals surface area contributed by atoms with E-state index in [0.717, 1.165) is 16.0 Å². The van der Waals surface area contributed by atoms with Gasteiger partial charge in [-0.15, -0.1) is 0 Å². The lowest BCUT2D eigenvalue weighted by Crippen LogP contribution is -2.50. The smallest absolute Gasteiger partial charge is 0.416 e. The second-order valence-corrected chi connectivity index (χ2v) is 22.6. The number of nitrogens with one attached hydrogen (secondary N) is 1. The van der Waals surface area contributed by atoms with Crippen LogP contribution in [0.3, 0.4) is 0 Å². The molecule has 3 aromatic rings. The fourth-order valence-electron chi connectivity index (χ4n) is 10.7. The minimum absolute atomic E-state index is 0. The molecule has 4 aliphatic heterocycles. The topological polar surface area (TPSA) is 257 Å². The molecule has 4 amide bonds. The summed E-state index contributed by atoms with van der Waals surface area (Å²) < 4.78 is 51.7. The van der Waals surface area contributed by atoms with Crippen LogP contribution in [-0.2, 0) is 55.9 Å². The van der Waals surface area contributed by atoms with Crippen LogP contribution in [0.25, 0.3) is 0 Å². The number of hydrogen-bond acceptors (Lipinski definition) is 18. The van der Waals surface area contributed by atoms with E-state index < -0.39 is 42.1 Å². The number of ether oxygens (including phenoxy) is 9. The molecule has 0 aliphatic carbocycles. The van der Waals surface area contributed by atoms with E-state index in [1.165, 1.54) is 31.3 Å². The predicted molar refractivity (Wildman–Crippen MR) is 343 cm³/mol. The Hall–Kier alpha value is -8.02. The van der Waals surface area contributed by atoms with E-state index in [2.05, 4.69) is 10.3 Å². The Balaban J connectivity index is 0.0000132. The molecule has 0 saturated heterocycles. The van der Waals surface area contributed by atoms with E-state index >= 15 is 0 Å². The van der Waals surface area contributed by atoms with Gasteiger partial charge in [0.2, 0.25) is 5.91 Å². The molecule has 22 heteroatoms. The average molecular weight is 1260 g/mol. The molecule has 7 rings (SSSR count). The number of fused-ring (bicyclic) bond motifs is 4. The van der Waals surface area contributed by atoms with Crippen LogP contribution in [0.15, 0.2) is 101 Å². The zero-order valence-electron chi connectivity index (χ0n) is 53.0. The van der Waals surface area contributed by atoms with Gasteiger partial charge in [0.05, 0.1) is 114 Å². The second-order valence-electron chi connectivity index (χ2n) is 22.6. The molecule has 4 heterocycles. The molecule has 0 spiro atoms. The highest BCUT2D eigenvalue weighted by molar-refractivity contribution is 6.07. The molecule has 0 radical (unpaired) electrons. The van der Waals surface area contributed by atoms with Gasteiger partial charge in [0.25, 0.3) is 11.8 Å². The van der Waals surface area contributed by atoms with Gasteiger partial charge in [-0.05, 0) is 80.4 Å². The van der Waals surface area contributed by atoms with E-state index in [9.17, 15) is 38.7 Å². The van der Waals surface area contributed by atoms with Crippen LogP contribution in [0.4, 0.5) is 16.2 Å². The van der Waals surface area contributed by atoms with Crippen LogP contribution in [0.2, 0.25) is 0 Å². The second kappa shape index (κ2) is 36.1. The Kier molecular flexibility index (Phi) is 28.6. The first-order chi connectivity index (χ1) is 43.5. The number of allylic oxidation sites excluding steroid dienone is 4. The Morgan fingerprint density at radius 1 is 0.681 bits per heavy atom. The minimum atomic E-state index is -1.56. The highest BCUT2D eigenvalue weighted by Crippen LogP contribution is 2.43. The normalized spacial score (nSPS) is 17.3. The number of benzene rings is 3. The van der Waals surface area contributed by atoms with Gasteiger partial charge in [0.1, 0.15) is 18.2 Å². The van der Waals surface area contributed by atoms with E-state index in [-0.39, 0.29) is 118 Å². The van der Waals surface area contributed by atoms with Crippen LogP contribution in [-0.4, -0.2) is 167 Å². The van der Waals surface area contributed by atoms with E-state index in [0.29, 0.717) is 112 Å². The molecular formula is C69H91N5O17. The number of aliphatic hydroxyl groups excluding tert-OH is 1. The Labute approximate surface area is 534 Å². The number of amides is 4. The summed E-state index contributed by atoms with van der Waals surface area (Å²) >= 11 is 0. The van der Waals surface area contributed by atoms with Crippen molar-refractivity contribution in [2.24, 2.45) is 16.8 Å². The van der Waals surface area contributed by atoms with Crippen molar-refractivity contribution in [2.75, 3.05) is 85.2 Å². The highest BCUT2D eigenvalue weighted by Gasteiger charge is 2.45. The van der Waals surface area contributed by atoms with Crippen LogP contribution in [0.5, 0.6) is 23.0 Å². The summed E-state index contributed by atoms with van der Waals surface area (Å²) in [5.41, 5.74) is 3.96. The van der Waals surface area contributed by atoms with E-state index in [1.807, 2.05) is 65.1 Å². The third-order valence-corrected chi connectivity index (χ3v) is 15.7. The maximum Gasteiger partial charge on any atom is 0.416 e. The number of aliphatic imine (C=N–C) groups is 1. The summed E-state index contributed by atoms with van der Waals surface area (Å²) in [5.74, 6) is -0.908. The standard InChI is InChI=1S/C68H87N5O17.CH4/c1-9-14-48-32-50-40-69-56-38-62(60(82-7)36-54(56)65(78)71(50)41-48)88-23-13-24-89-63-39-57-55(37-61(63)83-8)66(79)72-42-49(15-10-2)33-58(72)67(80)73(57)68(81)90-43-47-19-17-46(18-20-47)34-59(76)45(6)70-64(77)53(44(4)5)35-52(75)21-25-85-27-29-87-31-30-86-28-26-84-22-12-16-51(74)11-3;/h9-10,14-15,17-20,36-42,44-45,50,53,58,67,80H,11-13,16,21-35,43H2,1-8H3,(H,70,77);1H4/b14-9+,15-10+;/t45-,50-,53?,58-,67-;/m0./s1. The summed E-state index contributed by atoms with van der Waals surface area (Å²) in [6, 6.07) is 11.2. The van der Waals surface area contributed by atoms with Crippen LogP contribution in [0.1, 0.15) is 132 Å². The summed E-state index contributed by atoms with van der Waals surface area (Å²) in [6.45, 7) is 13.9. The zero-order chi connectivity index (χ0) is 64.7. The molecule has 0 fully saturated rings.